The zero-order chi connectivity index (χ0) is 17.0. The molecule has 0 aliphatic heterocycles. The number of nitrogens with zero attached hydrogens (tertiary/aromatic N) is 2. The van der Waals surface area contributed by atoms with Crippen molar-refractivity contribution in [3.05, 3.63) is 35.4 Å². The van der Waals surface area contributed by atoms with Crippen LogP contribution in [0.15, 0.2) is 24.3 Å². The number of hydrogen-bond acceptors (Lipinski definition) is 4. The Morgan fingerprint density at radius 2 is 1.77 bits per heavy atom. The summed E-state index contributed by atoms with van der Waals surface area (Å²) in [6.07, 6.45) is 0.309. The van der Waals surface area contributed by atoms with Crippen LogP contribution >= 0.6 is 0 Å². The van der Waals surface area contributed by atoms with Crippen molar-refractivity contribution in [3.8, 4) is 6.07 Å². The molecule has 0 aliphatic rings. The van der Waals surface area contributed by atoms with Crippen LogP contribution in [0.4, 0.5) is 0 Å². The number of nitriles is 1. The molecule has 0 radical (unpaired) electrons. The number of benzene rings is 1. The molecular formula is C16H22N2O3S. The predicted octanol–water partition coefficient (Wildman–Crippen LogP) is 2.24. The first-order valence-electron chi connectivity index (χ1n) is 6.98. The van der Waals surface area contributed by atoms with Gasteiger partial charge in [0.05, 0.1) is 23.0 Å². The van der Waals surface area contributed by atoms with E-state index in [9.17, 15) is 13.2 Å². The van der Waals surface area contributed by atoms with Crippen molar-refractivity contribution in [2.45, 2.75) is 26.0 Å². The van der Waals surface area contributed by atoms with Gasteiger partial charge >= 0.3 is 0 Å². The van der Waals surface area contributed by atoms with E-state index >= 15 is 0 Å². The van der Waals surface area contributed by atoms with Gasteiger partial charge in [-0.05, 0) is 38.0 Å². The van der Waals surface area contributed by atoms with Crippen molar-refractivity contribution in [2.24, 2.45) is 5.41 Å². The number of rotatable bonds is 6. The van der Waals surface area contributed by atoms with Gasteiger partial charge in [-0.3, -0.25) is 4.79 Å². The van der Waals surface area contributed by atoms with Crippen molar-refractivity contribution in [3.63, 3.8) is 0 Å². The third-order valence-corrected chi connectivity index (χ3v) is 4.93. The van der Waals surface area contributed by atoms with Gasteiger partial charge < -0.3 is 4.90 Å². The zero-order valence-electron chi connectivity index (χ0n) is 13.5. The molecule has 0 unspecified atom stereocenters. The molecule has 120 valence electrons. The average molecular weight is 322 g/mol. The molecule has 1 aromatic rings. The van der Waals surface area contributed by atoms with Crippen LogP contribution in [0.5, 0.6) is 0 Å². The van der Waals surface area contributed by atoms with Crippen molar-refractivity contribution < 1.29 is 13.2 Å². The first-order chi connectivity index (χ1) is 10.1. The van der Waals surface area contributed by atoms with Gasteiger partial charge in [0.1, 0.15) is 0 Å². The van der Waals surface area contributed by atoms with Crippen LogP contribution in [-0.4, -0.2) is 39.1 Å². The van der Waals surface area contributed by atoms with Gasteiger partial charge in [0.25, 0.3) is 5.91 Å². The smallest absolute Gasteiger partial charge is 0.253 e. The van der Waals surface area contributed by atoms with Crippen molar-refractivity contribution in [2.75, 3.05) is 19.8 Å². The number of amides is 1. The fourth-order valence-electron chi connectivity index (χ4n) is 1.79. The first-order valence-corrected chi connectivity index (χ1v) is 8.81. The Kier molecular flexibility index (Phi) is 5.72. The zero-order valence-corrected chi connectivity index (χ0v) is 14.3. The molecule has 0 saturated carbocycles. The summed E-state index contributed by atoms with van der Waals surface area (Å²) >= 11 is 0. The Balaban J connectivity index is 2.75. The first kappa shape index (κ1) is 18.2. The largest absolute Gasteiger partial charge is 0.345 e. The molecule has 1 aromatic carbocycles. The maximum Gasteiger partial charge on any atom is 0.253 e. The second-order valence-electron chi connectivity index (χ2n) is 6.23. The Bertz CT molecular complexity index is 668. The maximum atomic E-state index is 12.1. The lowest BCUT2D eigenvalue weighted by Gasteiger charge is -2.15. The minimum absolute atomic E-state index is 0.0219. The summed E-state index contributed by atoms with van der Waals surface area (Å²) in [5.74, 6) is -0.221. The van der Waals surface area contributed by atoms with Crippen molar-refractivity contribution in [1.82, 2.24) is 4.90 Å². The highest BCUT2D eigenvalue weighted by molar-refractivity contribution is 7.90. The lowest BCUT2D eigenvalue weighted by molar-refractivity contribution is 0.0827. The molecule has 1 rings (SSSR count). The van der Waals surface area contributed by atoms with Crippen molar-refractivity contribution >= 4 is 15.7 Å². The quantitative estimate of drug-likeness (QED) is 0.804. The minimum atomic E-state index is -3.27. The summed E-state index contributed by atoms with van der Waals surface area (Å²) in [5, 5.41) is 8.93. The molecule has 0 aliphatic carbocycles. The highest BCUT2D eigenvalue weighted by Crippen LogP contribution is 2.20. The second-order valence-corrected chi connectivity index (χ2v) is 8.42. The summed E-state index contributed by atoms with van der Waals surface area (Å²) in [6, 6.07) is 8.68. The van der Waals surface area contributed by atoms with E-state index in [2.05, 4.69) is 6.07 Å². The number of carbonyl (C=O) groups excluding carboxylic acids is 1. The normalized spacial score (nSPS) is 11.8. The number of sulfone groups is 1. The molecule has 22 heavy (non-hydrogen) atoms. The lowest BCUT2D eigenvalue weighted by atomic mass is 9.93. The molecule has 0 bridgehead atoms. The third-order valence-electron chi connectivity index (χ3n) is 3.33. The van der Waals surface area contributed by atoms with E-state index < -0.39 is 15.3 Å². The van der Waals surface area contributed by atoms with Crippen LogP contribution in [0.2, 0.25) is 0 Å². The van der Waals surface area contributed by atoms with Crippen LogP contribution in [0, 0.1) is 16.7 Å². The van der Waals surface area contributed by atoms with Crippen LogP contribution in [-0.2, 0) is 15.6 Å². The monoisotopic (exact) mass is 322 g/mol. The maximum absolute atomic E-state index is 12.1. The van der Waals surface area contributed by atoms with Gasteiger partial charge in [0, 0.05) is 19.7 Å². The van der Waals surface area contributed by atoms with Crippen LogP contribution in [0.1, 0.15) is 36.2 Å². The van der Waals surface area contributed by atoms with E-state index in [0.29, 0.717) is 17.5 Å². The second kappa shape index (κ2) is 6.93. The molecule has 1 amide bonds. The Labute approximate surface area is 132 Å². The standard InChI is InChI=1S/C16H22N2O3S/c1-16(2,12-17)9-10-22(20,21)11-13-5-7-14(8-6-13)15(19)18(3)4/h5-8H,9-11H2,1-4H3. The van der Waals surface area contributed by atoms with E-state index in [4.69, 9.17) is 5.26 Å². The molecule has 0 saturated heterocycles. The molecule has 0 spiro atoms. The lowest BCUT2D eigenvalue weighted by Crippen LogP contribution is -2.21. The van der Waals surface area contributed by atoms with Gasteiger partial charge in [-0.25, -0.2) is 8.42 Å². The van der Waals surface area contributed by atoms with Crippen LogP contribution in [0.3, 0.4) is 0 Å². The molecule has 0 heterocycles. The predicted molar refractivity (Wildman–Crippen MR) is 86.0 cm³/mol. The molecular weight excluding hydrogens is 300 g/mol. The van der Waals surface area contributed by atoms with E-state index in [1.165, 1.54) is 4.90 Å². The molecule has 0 N–H and O–H groups in total. The summed E-state index contributed by atoms with van der Waals surface area (Å²) < 4.78 is 24.2. The topological polar surface area (TPSA) is 78.2 Å². The fraction of sp³-hybridized carbons (Fsp3) is 0.500. The van der Waals surface area contributed by atoms with Crippen molar-refractivity contribution in [1.29, 1.82) is 5.26 Å². The summed E-state index contributed by atoms with van der Waals surface area (Å²) in [5.41, 5.74) is 0.525. The highest BCUT2D eigenvalue weighted by Gasteiger charge is 2.21. The van der Waals surface area contributed by atoms with Gasteiger partial charge in [0.15, 0.2) is 9.84 Å². The van der Waals surface area contributed by atoms with Crippen LogP contribution in [0.25, 0.3) is 0 Å². The molecule has 0 fully saturated rings. The Hall–Kier alpha value is -1.87. The summed E-state index contributed by atoms with van der Waals surface area (Å²) in [6.45, 7) is 3.45. The molecule has 0 aromatic heterocycles. The highest BCUT2D eigenvalue weighted by atomic mass is 32.2. The molecule has 5 nitrogen and oxygen atoms in total. The van der Waals surface area contributed by atoms with Gasteiger partial charge in [-0.1, -0.05) is 12.1 Å². The Morgan fingerprint density at radius 3 is 2.23 bits per heavy atom. The fourth-order valence-corrected chi connectivity index (χ4v) is 3.46. The number of hydrogen-bond donors (Lipinski definition) is 0. The van der Waals surface area contributed by atoms with E-state index in [1.807, 2.05) is 0 Å². The van der Waals surface area contributed by atoms with E-state index in [1.54, 1.807) is 52.2 Å². The summed E-state index contributed by atoms with van der Waals surface area (Å²) in [4.78, 5) is 13.2. The van der Waals surface area contributed by atoms with Gasteiger partial charge in [-0.2, -0.15) is 5.26 Å². The SMILES string of the molecule is CN(C)C(=O)c1ccc(CS(=O)(=O)CCC(C)(C)C#N)cc1. The number of carbonyl (C=O) groups is 1. The Morgan fingerprint density at radius 1 is 1.23 bits per heavy atom. The van der Waals surface area contributed by atoms with E-state index in [0.717, 1.165) is 0 Å². The molecule has 6 heteroatoms. The molecule has 0 atom stereocenters. The average Bonchev–Trinajstić information content (AvgIpc) is 2.45. The summed E-state index contributed by atoms with van der Waals surface area (Å²) in [7, 11) is 0.0549. The third kappa shape index (κ3) is 5.49. The van der Waals surface area contributed by atoms with Crippen LogP contribution < -0.4 is 0 Å². The van der Waals surface area contributed by atoms with E-state index in [-0.39, 0.29) is 17.4 Å². The van der Waals surface area contributed by atoms with Gasteiger partial charge in [0.2, 0.25) is 0 Å². The van der Waals surface area contributed by atoms with Gasteiger partial charge in [-0.15, -0.1) is 0 Å². The minimum Gasteiger partial charge on any atom is -0.345 e.